The Morgan fingerprint density at radius 1 is 1.15 bits per heavy atom. The second-order valence-corrected chi connectivity index (χ2v) is 8.94. The van der Waals surface area contributed by atoms with E-state index >= 15 is 0 Å². The van der Waals surface area contributed by atoms with E-state index in [9.17, 15) is 14.4 Å². The van der Waals surface area contributed by atoms with Gasteiger partial charge in [0.15, 0.2) is 11.9 Å². The van der Waals surface area contributed by atoms with Gasteiger partial charge in [-0.25, -0.2) is 9.69 Å². The van der Waals surface area contributed by atoms with Crippen molar-refractivity contribution in [2.75, 3.05) is 13.2 Å². The molecule has 9 nitrogen and oxygen atoms in total. The first-order valence-corrected chi connectivity index (χ1v) is 10.9. The number of rotatable bonds is 7. The number of hydrogen-bond acceptors (Lipinski definition) is 8. The fraction of sp³-hybridized carbons (Fsp3) is 0.542. The van der Waals surface area contributed by atoms with Crippen LogP contribution in [0.4, 0.5) is 4.79 Å². The van der Waals surface area contributed by atoms with Gasteiger partial charge >= 0.3 is 12.1 Å². The second kappa shape index (κ2) is 10.4. The molecule has 0 aromatic heterocycles. The van der Waals surface area contributed by atoms with Crippen molar-refractivity contribution in [1.82, 2.24) is 4.90 Å². The van der Waals surface area contributed by atoms with E-state index in [4.69, 9.17) is 23.7 Å². The quantitative estimate of drug-likeness (QED) is 0.571. The van der Waals surface area contributed by atoms with Crippen LogP contribution in [0.5, 0.6) is 0 Å². The van der Waals surface area contributed by atoms with Crippen LogP contribution in [0.15, 0.2) is 42.2 Å². The lowest BCUT2D eigenvalue weighted by atomic mass is 9.86. The van der Waals surface area contributed by atoms with Crippen molar-refractivity contribution >= 4 is 18.0 Å². The summed E-state index contributed by atoms with van der Waals surface area (Å²) in [5.41, 5.74) is 0.496. The lowest BCUT2D eigenvalue weighted by Gasteiger charge is -2.37. The zero-order valence-corrected chi connectivity index (χ0v) is 19.6. The first-order chi connectivity index (χ1) is 15.6. The van der Waals surface area contributed by atoms with Gasteiger partial charge in [0.05, 0.1) is 12.6 Å². The number of ether oxygens (including phenoxy) is 5. The largest absolute Gasteiger partial charge is 0.455 e. The predicted octanol–water partition coefficient (Wildman–Crippen LogP) is 3.17. The minimum Gasteiger partial charge on any atom is -0.455 e. The van der Waals surface area contributed by atoms with Crippen molar-refractivity contribution in [3.8, 4) is 0 Å². The van der Waals surface area contributed by atoms with Gasteiger partial charge in [0, 0.05) is 13.5 Å². The molecule has 1 aromatic rings. The molecule has 33 heavy (non-hydrogen) atoms. The highest BCUT2D eigenvalue weighted by atomic mass is 16.7. The first-order valence-electron chi connectivity index (χ1n) is 10.9. The number of benzene rings is 1. The molecular formula is C24H31NO8. The van der Waals surface area contributed by atoms with Gasteiger partial charge in [0.2, 0.25) is 6.29 Å². The number of cyclic esters (lactones) is 1. The topological polar surface area (TPSA) is 101 Å². The summed E-state index contributed by atoms with van der Waals surface area (Å²) in [5.74, 6) is -1.32. The Morgan fingerprint density at radius 3 is 2.45 bits per heavy atom. The molecule has 1 aromatic carbocycles. The van der Waals surface area contributed by atoms with Gasteiger partial charge in [-0.2, -0.15) is 0 Å². The third-order valence-corrected chi connectivity index (χ3v) is 5.37. The summed E-state index contributed by atoms with van der Waals surface area (Å²) in [6.07, 6.45) is -2.17. The van der Waals surface area contributed by atoms with E-state index in [2.05, 4.69) is 0 Å². The first kappa shape index (κ1) is 24.7. The standard InChI is InChI=1S/C24H31NO8/c1-6-29-22-20(32-15(2)26)17(30-13-16-10-8-7-9-11-16)12-18(33-22)21(27)25-19(24(3,4)5)14-31-23(25)28/h7-12,17,19-20,22H,6,13-14H2,1-5H3/t17-,19+,20-,22+/m0/s1. The summed E-state index contributed by atoms with van der Waals surface area (Å²) in [6, 6.07) is 8.97. The lowest BCUT2D eigenvalue weighted by Crippen LogP contribution is -2.51. The van der Waals surface area contributed by atoms with E-state index < -0.39 is 47.9 Å². The smallest absolute Gasteiger partial charge is 0.417 e. The number of carbonyl (C=O) groups excluding carboxylic acids is 3. The van der Waals surface area contributed by atoms with Crippen LogP contribution in [0.25, 0.3) is 0 Å². The fourth-order valence-corrected chi connectivity index (χ4v) is 3.67. The second-order valence-electron chi connectivity index (χ2n) is 8.94. The number of nitrogens with zero attached hydrogens (tertiary/aromatic N) is 1. The molecule has 2 heterocycles. The Morgan fingerprint density at radius 2 is 1.85 bits per heavy atom. The van der Waals surface area contributed by atoms with E-state index in [1.165, 1.54) is 13.0 Å². The molecule has 0 saturated carbocycles. The fourth-order valence-electron chi connectivity index (χ4n) is 3.67. The Balaban J connectivity index is 1.91. The van der Waals surface area contributed by atoms with E-state index in [0.717, 1.165) is 10.5 Å². The molecule has 2 aliphatic heterocycles. The van der Waals surface area contributed by atoms with Crippen LogP contribution in [-0.4, -0.2) is 60.6 Å². The van der Waals surface area contributed by atoms with Gasteiger partial charge < -0.3 is 23.7 Å². The van der Waals surface area contributed by atoms with Crippen molar-refractivity contribution < 1.29 is 38.1 Å². The molecule has 1 saturated heterocycles. The summed E-state index contributed by atoms with van der Waals surface area (Å²) < 4.78 is 28.0. The minimum atomic E-state index is -1.09. The third kappa shape index (κ3) is 5.91. The molecule has 0 unspecified atom stereocenters. The molecule has 4 atom stereocenters. The van der Waals surface area contributed by atoms with E-state index in [0.29, 0.717) is 0 Å². The highest BCUT2D eigenvalue weighted by Crippen LogP contribution is 2.33. The summed E-state index contributed by atoms with van der Waals surface area (Å²) in [6.45, 7) is 9.32. The zero-order chi connectivity index (χ0) is 24.2. The Labute approximate surface area is 193 Å². The molecule has 2 amide bonds. The van der Waals surface area contributed by atoms with Gasteiger partial charge in [0.25, 0.3) is 5.91 Å². The monoisotopic (exact) mass is 461 g/mol. The van der Waals surface area contributed by atoms with Crippen LogP contribution in [0, 0.1) is 5.41 Å². The maximum Gasteiger partial charge on any atom is 0.417 e. The van der Waals surface area contributed by atoms with Crippen LogP contribution in [0.3, 0.4) is 0 Å². The zero-order valence-electron chi connectivity index (χ0n) is 19.6. The van der Waals surface area contributed by atoms with Gasteiger partial charge in [-0.1, -0.05) is 51.1 Å². The Kier molecular flexibility index (Phi) is 7.76. The molecule has 0 N–H and O–H groups in total. The lowest BCUT2D eigenvalue weighted by molar-refractivity contribution is -0.224. The summed E-state index contributed by atoms with van der Waals surface area (Å²) in [5, 5.41) is 0. The third-order valence-electron chi connectivity index (χ3n) is 5.37. The van der Waals surface area contributed by atoms with Crippen LogP contribution >= 0.6 is 0 Å². The normalized spacial score (nSPS) is 25.2. The molecule has 2 aliphatic rings. The van der Waals surface area contributed by atoms with Crippen LogP contribution in [-0.2, 0) is 39.9 Å². The van der Waals surface area contributed by atoms with Crippen molar-refractivity contribution in [3.63, 3.8) is 0 Å². The Hall–Kier alpha value is -2.91. The molecule has 9 heteroatoms. The van der Waals surface area contributed by atoms with E-state index in [1.54, 1.807) is 6.92 Å². The summed E-state index contributed by atoms with van der Waals surface area (Å²) >= 11 is 0. The SMILES string of the molecule is CCO[C@@H]1OC(C(=O)N2C(=O)OC[C@@H]2C(C)(C)C)=C[C@H](OCc2ccccc2)[C@@H]1OC(C)=O. The Bertz CT molecular complexity index is 891. The van der Waals surface area contributed by atoms with Crippen molar-refractivity contribution in [1.29, 1.82) is 0 Å². The highest BCUT2D eigenvalue weighted by molar-refractivity contribution is 6.02. The van der Waals surface area contributed by atoms with E-state index in [-0.39, 0.29) is 25.6 Å². The molecular weight excluding hydrogens is 430 g/mol. The number of imide groups is 1. The number of hydrogen-bond donors (Lipinski definition) is 0. The van der Waals surface area contributed by atoms with Gasteiger partial charge in [0.1, 0.15) is 12.7 Å². The molecule has 0 aliphatic carbocycles. The van der Waals surface area contributed by atoms with Crippen molar-refractivity contribution in [3.05, 3.63) is 47.7 Å². The summed E-state index contributed by atoms with van der Waals surface area (Å²) in [7, 11) is 0. The average Bonchev–Trinajstić information content (AvgIpc) is 3.15. The molecule has 0 bridgehead atoms. The molecule has 3 rings (SSSR count). The highest BCUT2D eigenvalue weighted by Gasteiger charge is 2.48. The van der Waals surface area contributed by atoms with Gasteiger partial charge in [-0.15, -0.1) is 0 Å². The maximum atomic E-state index is 13.4. The average molecular weight is 462 g/mol. The van der Waals surface area contributed by atoms with Crippen molar-refractivity contribution in [2.45, 2.75) is 65.8 Å². The summed E-state index contributed by atoms with van der Waals surface area (Å²) in [4.78, 5) is 38.6. The van der Waals surface area contributed by atoms with E-state index in [1.807, 2.05) is 51.1 Å². The molecule has 0 spiro atoms. The number of esters is 1. The molecule has 1 fully saturated rings. The van der Waals surface area contributed by atoms with Gasteiger partial charge in [-0.3, -0.25) is 9.59 Å². The van der Waals surface area contributed by atoms with Gasteiger partial charge in [-0.05, 0) is 24.0 Å². The minimum absolute atomic E-state index is 0.0975. The van der Waals surface area contributed by atoms with Crippen LogP contribution < -0.4 is 0 Å². The number of carbonyl (C=O) groups is 3. The van der Waals surface area contributed by atoms with Crippen molar-refractivity contribution in [2.24, 2.45) is 5.41 Å². The molecule has 180 valence electrons. The number of amides is 2. The predicted molar refractivity (Wildman–Crippen MR) is 117 cm³/mol. The maximum absolute atomic E-state index is 13.4. The molecule has 0 radical (unpaired) electrons. The van der Waals surface area contributed by atoms with Crippen LogP contribution in [0.1, 0.15) is 40.2 Å². The van der Waals surface area contributed by atoms with Crippen LogP contribution in [0.2, 0.25) is 0 Å².